The minimum atomic E-state index is -0.557. The maximum Gasteiger partial charge on any atom is 0.355 e. The predicted molar refractivity (Wildman–Crippen MR) is 82.6 cm³/mol. The molecule has 2 aromatic rings. The van der Waals surface area contributed by atoms with Gasteiger partial charge in [0.15, 0.2) is 0 Å². The van der Waals surface area contributed by atoms with E-state index < -0.39 is 10.9 Å². The quantitative estimate of drug-likeness (QED) is 0.531. The fourth-order valence-corrected chi connectivity index (χ4v) is 2.46. The smallest absolute Gasteiger partial charge is 0.355 e. The number of carbonyl (C=O) groups is 1. The second-order valence-electron chi connectivity index (χ2n) is 4.79. The van der Waals surface area contributed by atoms with E-state index in [0.29, 0.717) is 22.5 Å². The lowest BCUT2D eigenvalue weighted by atomic mass is 10.00. The van der Waals surface area contributed by atoms with Crippen LogP contribution in [-0.2, 0) is 11.8 Å². The van der Waals surface area contributed by atoms with Crippen molar-refractivity contribution in [3.8, 4) is 11.1 Å². The number of ether oxygens (including phenoxy) is 1. The van der Waals surface area contributed by atoms with E-state index >= 15 is 0 Å². The number of hydrogen-bond acceptors (Lipinski definition) is 5. The number of nitrogens with two attached hydrogens (primary N) is 1. The molecule has 0 spiro atoms. The van der Waals surface area contributed by atoms with Crippen LogP contribution in [0.25, 0.3) is 11.1 Å². The molecular formula is C15H17N3O4. The molecule has 0 saturated heterocycles. The van der Waals surface area contributed by atoms with Crippen molar-refractivity contribution < 1.29 is 14.5 Å². The van der Waals surface area contributed by atoms with Crippen molar-refractivity contribution in [1.29, 1.82) is 0 Å². The van der Waals surface area contributed by atoms with E-state index in [1.165, 1.54) is 10.6 Å². The normalized spacial score (nSPS) is 10.5. The number of nitro groups is 1. The Labute approximate surface area is 127 Å². The van der Waals surface area contributed by atoms with E-state index in [-0.39, 0.29) is 18.0 Å². The molecule has 22 heavy (non-hydrogen) atoms. The molecule has 0 bridgehead atoms. The lowest BCUT2D eigenvalue weighted by Crippen LogP contribution is -2.12. The van der Waals surface area contributed by atoms with Gasteiger partial charge in [-0.25, -0.2) is 4.79 Å². The number of nitro benzene ring substituents is 1. The summed E-state index contributed by atoms with van der Waals surface area (Å²) in [4.78, 5) is 23.0. The number of hydrogen-bond donors (Lipinski definition) is 1. The molecule has 0 aliphatic carbocycles. The van der Waals surface area contributed by atoms with E-state index in [0.717, 1.165) is 0 Å². The Hall–Kier alpha value is -2.83. The highest BCUT2D eigenvalue weighted by atomic mass is 16.6. The summed E-state index contributed by atoms with van der Waals surface area (Å²) in [5.41, 5.74) is 7.51. The SMILES string of the molecule is CCOC(=O)c1c(-c2ccccc2[N+](=O)[O-])c(C)c(N)n1C. The predicted octanol–water partition coefficient (Wildman–Crippen LogP) is 2.67. The van der Waals surface area contributed by atoms with Crippen LogP contribution in [0.3, 0.4) is 0 Å². The zero-order valence-corrected chi connectivity index (χ0v) is 12.6. The van der Waals surface area contributed by atoms with Gasteiger partial charge in [0.2, 0.25) is 0 Å². The van der Waals surface area contributed by atoms with Crippen LogP contribution < -0.4 is 5.73 Å². The number of carbonyl (C=O) groups excluding carboxylic acids is 1. The Morgan fingerprint density at radius 2 is 2.05 bits per heavy atom. The second-order valence-corrected chi connectivity index (χ2v) is 4.79. The van der Waals surface area contributed by atoms with Crippen molar-refractivity contribution in [3.05, 3.63) is 45.6 Å². The zero-order valence-electron chi connectivity index (χ0n) is 12.6. The molecule has 0 unspecified atom stereocenters. The molecule has 0 aliphatic rings. The lowest BCUT2D eigenvalue weighted by Gasteiger charge is -2.08. The highest BCUT2D eigenvalue weighted by Crippen LogP contribution is 2.38. The number of para-hydroxylation sites is 1. The van der Waals surface area contributed by atoms with Crippen LogP contribution in [0.4, 0.5) is 11.5 Å². The van der Waals surface area contributed by atoms with Gasteiger partial charge in [0.1, 0.15) is 11.5 Å². The number of nitrogen functional groups attached to an aromatic ring is 1. The largest absolute Gasteiger partial charge is 0.461 e. The van der Waals surface area contributed by atoms with Gasteiger partial charge >= 0.3 is 5.97 Å². The molecule has 0 atom stereocenters. The van der Waals surface area contributed by atoms with Crippen molar-refractivity contribution in [2.45, 2.75) is 13.8 Å². The molecule has 0 amide bonds. The third-order valence-corrected chi connectivity index (χ3v) is 3.53. The molecule has 2 N–H and O–H groups in total. The van der Waals surface area contributed by atoms with Crippen LogP contribution >= 0.6 is 0 Å². The number of anilines is 1. The van der Waals surface area contributed by atoms with E-state index in [2.05, 4.69) is 0 Å². The van der Waals surface area contributed by atoms with Gasteiger partial charge in [0.05, 0.1) is 17.1 Å². The highest BCUT2D eigenvalue weighted by molar-refractivity contribution is 6.00. The van der Waals surface area contributed by atoms with Crippen LogP contribution in [0.1, 0.15) is 23.0 Å². The molecule has 7 nitrogen and oxygen atoms in total. The molecular weight excluding hydrogens is 286 g/mol. The van der Waals surface area contributed by atoms with E-state index in [1.54, 1.807) is 39.1 Å². The number of nitrogens with zero attached hydrogens (tertiary/aromatic N) is 2. The van der Waals surface area contributed by atoms with Gasteiger partial charge < -0.3 is 15.0 Å². The van der Waals surface area contributed by atoms with Gasteiger partial charge in [-0.05, 0) is 25.5 Å². The minimum Gasteiger partial charge on any atom is -0.461 e. The standard InChI is InChI=1S/C15H17N3O4/c1-4-22-15(19)13-12(9(2)14(16)17(13)3)10-7-5-6-8-11(10)18(20)21/h5-8H,4,16H2,1-3H3. The molecule has 0 fully saturated rings. The van der Waals surface area contributed by atoms with Crippen molar-refractivity contribution in [2.75, 3.05) is 12.3 Å². The molecule has 1 aromatic carbocycles. The third kappa shape index (κ3) is 2.41. The van der Waals surface area contributed by atoms with Crippen molar-refractivity contribution in [1.82, 2.24) is 4.57 Å². The van der Waals surface area contributed by atoms with Crippen LogP contribution in [0.2, 0.25) is 0 Å². The maximum absolute atomic E-state index is 12.2. The first-order chi connectivity index (χ1) is 10.4. The van der Waals surface area contributed by atoms with Gasteiger partial charge in [-0.1, -0.05) is 12.1 Å². The minimum absolute atomic E-state index is 0.0817. The highest BCUT2D eigenvalue weighted by Gasteiger charge is 2.28. The number of esters is 1. The molecule has 1 aromatic heterocycles. The average Bonchev–Trinajstić information content (AvgIpc) is 2.71. The molecule has 0 aliphatic heterocycles. The van der Waals surface area contributed by atoms with Crippen molar-refractivity contribution >= 4 is 17.5 Å². The average molecular weight is 303 g/mol. The van der Waals surface area contributed by atoms with Gasteiger partial charge in [-0.2, -0.15) is 0 Å². The Balaban J connectivity index is 2.79. The Morgan fingerprint density at radius 3 is 2.64 bits per heavy atom. The topological polar surface area (TPSA) is 100 Å². The van der Waals surface area contributed by atoms with Crippen LogP contribution in [-0.4, -0.2) is 22.1 Å². The molecule has 116 valence electrons. The summed E-state index contributed by atoms with van der Waals surface area (Å²) in [6.45, 7) is 3.63. The van der Waals surface area contributed by atoms with E-state index in [1.807, 2.05) is 0 Å². The Bertz CT molecular complexity index is 749. The summed E-state index contributed by atoms with van der Waals surface area (Å²) >= 11 is 0. The summed E-state index contributed by atoms with van der Waals surface area (Å²) in [5.74, 6) is -0.186. The van der Waals surface area contributed by atoms with Crippen LogP contribution in [0.15, 0.2) is 24.3 Å². The fourth-order valence-electron chi connectivity index (χ4n) is 2.46. The summed E-state index contributed by atoms with van der Waals surface area (Å²) in [7, 11) is 1.63. The Kier molecular flexibility index (Phi) is 4.16. The van der Waals surface area contributed by atoms with Gasteiger partial charge in [-0.15, -0.1) is 0 Å². The second kappa shape index (κ2) is 5.88. The van der Waals surface area contributed by atoms with Gasteiger partial charge in [0.25, 0.3) is 5.69 Å². The van der Waals surface area contributed by atoms with E-state index in [4.69, 9.17) is 10.5 Å². The number of aromatic nitrogens is 1. The number of benzene rings is 1. The van der Waals surface area contributed by atoms with Crippen LogP contribution in [0.5, 0.6) is 0 Å². The first kappa shape index (κ1) is 15.6. The molecule has 0 radical (unpaired) electrons. The third-order valence-electron chi connectivity index (χ3n) is 3.53. The lowest BCUT2D eigenvalue weighted by molar-refractivity contribution is -0.384. The van der Waals surface area contributed by atoms with E-state index in [9.17, 15) is 14.9 Å². The Morgan fingerprint density at radius 1 is 1.41 bits per heavy atom. The van der Waals surface area contributed by atoms with Gasteiger partial charge in [-0.3, -0.25) is 10.1 Å². The monoisotopic (exact) mass is 303 g/mol. The summed E-state index contributed by atoms with van der Waals surface area (Å²) in [5, 5.41) is 11.3. The maximum atomic E-state index is 12.2. The van der Waals surface area contributed by atoms with Gasteiger partial charge in [0, 0.05) is 18.7 Å². The summed E-state index contributed by atoms with van der Waals surface area (Å²) in [6, 6.07) is 6.25. The molecule has 1 heterocycles. The first-order valence-electron chi connectivity index (χ1n) is 6.75. The van der Waals surface area contributed by atoms with Crippen LogP contribution in [0, 0.1) is 17.0 Å². The fraction of sp³-hybridized carbons (Fsp3) is 0.267. The first-order valence-corrected chi connectivity index (χ1v) is 6.75. The van der Waals surface area contributed by atoms with Crippen molar-refractivity contribution in [2.24, 2.45) is 7.05 Å². The molecule has 0 saturated carbocycles. The number of rotatable bonds is 4. The molecule has 2 rings (SSSR count). The summed E-state index contributed by atoms with van der Waals surface area (Å²) < 4.78 is 6.55. The summed E-state index contributed by atoms with van der Waals surface area (Å²) in [6.07, 6.45) is 0. The zero-order chi connectivity index (χ0) is 16.4. The van der Waals surface area contributed by atoms with Crippen molar-refractivity contribution in [3.63, 3.8) is 0 Å². The molecule has 7 heteroatoms.